The predicted octanol–water partition coefficient (Wildman–Crippen LogP) is 0.549. The average Bonchev–Trinajstić information content (AvgIpc) is 2.47. The van der Waals surface area contributed by atoms with E-state index in [0.29, 0.717) is 43.6 Å². The summed E-state index contributed by atoms with van der Waals surface area (Å²) < 4.78 is 15.6. The van der Waals surface area contributed by atoms with Crippen molar-refractivity contribution in [3.63, 3.8) is 0 Å². The molecule has 0 unspecified atom stereocenters. The summed E-state index contributed by atoms with van der Waals surface area (Å²) in [5.74, 6) is 0.504. The SMILES string of the molecule is COCCNC(=O)CC(=O)Nc1ccc2c(c1)OCCO2. The summed E-state index contributed by atoms with van der Waals surface area (Å²) in [4.78, 5) is 23.2. The molecule has 0 aliphatic carbocycles. The van der Waals surface area contributed by atoms with Crippen molar-refractivity contribution in [1.29, 1.82) is 0 Å². The first-order valence-electron chi connectivity index (χ1n) is 6.64. The maximum absolute atomic E-state index is 11.7. The molecule has 0 fully saturated rings. The standard InChI is InChI=1S/C14H18N2O5/c1-19-5-4-15-13(17)9-14(18)16-10-2-3-11-12(8-10)21-7-6-20-11/h2-3,8H,4-7,9H2,1H3,(H,15,17)(H,16,18). The van der Waals surface area contributed by atoms with Crippen molar-refractivity contribution >= 4 is 17.5 Å². The third kappa shape index (κ3) is 4.64. The molecule has 7 heteroatoms. The molecule has 1 aromatic rings. The quantitative estimate of drug-likeness (QED) is 0.591. The fourth-order valence-electron chi connectivity index (χ4n) is 1.83. The van der Waals surface area contributed by atoms with Crippen LogP contribution in [-0.4, -0.2) is 45.3 Å². The first-order valence-corrected chi connectivity index (χ1v) is 6.64. The Morgan fingerprint density at radius 2 is 1.95 bits per heavy atom. The molecule has 1 aliphatic rings. The number of carbonyl (C=O) groups excluding carboxylic acids is 2. The summed E-state index contributed by atoms with van der Waals surface area (Å²) in [6, 6.07) is 5.10. The van der Waals surface area contributed by atoms with E-state index >= 15 is 0 Å². The minimum Gasteiger partial charge on any atom is -0.486 e. The van der Waals surface area contributed by atoms with E-state index in [-0.39, 0.29) is 18.2 Å². The number of carbonyl (C=O) groups is 2. The lowest BCUT2D eigenvalue weighted by Gasteiger charge is -2.19. The summed E-state index contributed by atoms with van der Waals surface area (Å²) in [5, 5.41) is 5.23. The Kier molecular flexibility index (Phi) is 5.39. The highest BCUT2D eigenvalue weighted by Crippen LogP contribution is 2.32. The summed E-state index contributed by atoms with van der Waals surface area (Å²) in [7, 11) is 1.54. The summed E-state index contributed by atoms with van der Waals surface area (Å²) in [6.07, 6.45) is -0.238. The number of hydrogen-bond acceptors (Lipinski definition) is 5. The van der Waals surface area contributed by atoms with E-state index in [1.54, 1.807) is 25.3 Å². The number of ether oxygens (including phenoxy) is 3. The third-order valence-corrected chi connectivity index (χ3v) is 2.78. The van der Waals surface area contributed by atoms with Crippen LogP contribution in [0.5, 0.6) is 11.5 Å². The highest BCUT2D eigenvalue weighted by atomic mass is 16.6. The third-order valence-electron chi connectivity index (χ3n) is 2.78. The van der Waals surface area contributed by atoms with Gasteiger partial charge in [0.05, 0.1) is 6.61 Å². The zero-order chi connectivity index (χ0) is 15.1. The fourth-order valence-corrected chi connectivity index (χ4v) is 1.83. The lowest BCUT2D eigenvalue weighted by molar-refractivity contribution is -0.126. The molecule has 1 aromatic carbocycles. The number of methoxy groups -OCH3 is 1. The van der Waals surface area contributed by atoms with Crippen molar-refractivity contribution in [3.05, 3.63) is 18.2 Å². The molecule has 0 bridgehead atoms. The van der Waals surface area contributed by atoms with Crippen LogP contribution in [-0.2, 0) is 14.3 Å². The van der Waals surface area contributed by atoms with Gasteiger partial charge in [-0.2, -0.15) is 0 Å². The van der Waals surface area contributed by atoms with Crippen molar-refractivity contribution in [2.75, 3.05) is 38.8 Å². The highest BCUT2D eigenvalue weighted by Gasteiger charge is 2.14. The Morgan fingerprint density at radius 1 is 1.19 bits per heavy atom. The van der Waals surface area contributed by atoms with Crippen LogP contribution in [0.4, 0.5) is 5.69 Å². The lowest BCUT2D eigenvalue weighted by atomic mass is 10.2. The highest BCUT2D eigenvalue weighted by molar-refractivity contribution is 6.03. The van der Waals surface area contributed by atoms with Gasteiger partial charge in [-0.15, -0.1) is 0 Å². The summed E-state index contributed by atoms with van der Waals surface area (Å²) in [6.45, 7) is 1.79. The van der Waals surface area contributed by atoms with E-state index in [1.807, 2.05) is 0 Å². The average molecular weight is 294 g/mol. The number of benzene rings is 1. The Balaban J connectivity index is 1.83. The topological polar surface area (TPSA) is 85.9 Å². The second kappa shape index (κ2) is 7.49. The van der Waals surface area contributed by atoms with Gasteiger partial charge in [0.15, 0.2) is 11.5 Å². The van der Waals surface area contributed by atoms with Crippen LogP contribution in [0.1, 0.15) is 6.42 Å². The van der Waals surface area contributed by atoms with Crippen molar-refractivity contribution < 1.29 is 23.8 Å². The Bertz CT molecular complexity index is 518. The van der Waals surface area contributed by atoms with Crippen LogP contribution < -0.4 is 20.1 Å². The normalized spacial score (nSPS) is 12.6. The van der Waals surface area contributed by atoms with Gasteiger partial charge in [-0.1, -0.05) is 0 Å². The van der Waals surface area contributed by atoms with Gasteiger partial charge in [0, 0.05) is 25.4 Å². The molecule has 1 aliphatic heterocycles. The summed E-state index contributed by atoms with van der Waals surface area (Å²) in [5.41, 5.74) is 0.564. The molecular formula is C14H18N2O5. The molecule has 114 valence electrons. The first kappa shape index (κ1) is 15.1. The van der Waals surface area contributed by atoms with Gasteiger partial charge in [0.1, 0.15) is 19.6 Å². The van der Waals surface area contributed by atoms with E-state index < -0.39 is 0 Å². The number of rotatable bonds is 6. The van der Waals surface area contributed by atoms with Crippen LogP contribution >= 0.6 is 0 Å². The Labute approximate surface area is 122 Å². The van der Waals surface area contributed by atoms with Crippen molar-refractivity contribution in [2.24, 2.45) is 0 Å². The second-order valence-corrected chi connectivity index (χ2v) is 4.43. The fraction of sp³-hybridized carbons (Fsp3) is 0.429. The van der Waals surface area contributed by atoms with E-state index in [4.69, 9.17) is 14.2 Å². The molecule has 0 saturated heterocycles. The first-order chi connectivity index (χ1) is 10.2. The van der Waals surface area contributed by atoms with Crippen LogP contribution in [0.2, 0.25) is 0 Å². The van der Waals surface area contributed by atoms with Crippen LogP contribution in [0.15, 0.2) is 18.2 Å². The molecule has 0 radical (unpaired) electrons. The zero-order valence-corrected chi connectivity index (χ0v) is 11.8. The van der Waals surface area contributed by atoms with Crippen LogP contribution in [0.3, 0.4) is 0 Å². The largest absolute Gasteiger partial charge is 0.486 e. The molecule has 0 spiro atoms. The van der Waals surface area contributed by atoms with E-state index in [1.165, 1.54) is 0 Å². The minimum absolute atomic E-state index is 0.238. The number of amides is 2. The smallest absolute Gasteiger partial charge is 0.233 e. The van der Waals surface area contributed by atoms with Gasteiger partial charge in [-0.25, -0.2) is 0 Å². The molecular weight excluding hydrogens is 276 g/mol. The maximum atomic E-state index is 11.7. The number of fused-ring (bicyclic) bond motifs is 1. The second-order valence-electron chi connectivity index (χ2n) is 4.43. The maximum Gasteiger partial charge on any atom is 0.233 e. The Morgan fingerprint density at radius 3 is 2.71 bits per heavy atom. The van der Waals surface area contributed by atoms with Crippen LogP contribution in [0.25, 0.3) is 0 Å². The number of nitrogens with one attached hydrogen (secondary N) is 2. The van der Waals surface area contributed by atoms with Crippen molar-refractivity contribution in [3.8, 4) is 11.5 Å². The van der Waals surface area contributed by atoms with Gasteiger partial charge in [-0.3, -0.25) is 9.59 Å². The van der Waals surface area contributed by atoms with Gasteiger partial charge in [0.2, 0.25) is 11.8 Å². The molecule has 7 nitrogen and oxygen atoms in total. The predicted molar refractivity (Wildman–Crippen MR) is 75.6 cm³/mol. The molecule has 0 saturated carbocycles. The van der Waals surface area contributed by atoms with Crippen LogP contribution in [0, 0.1) is 0 Å². The van der Waals surface area contributed by atoms with Gasteiger partial charge >= 0.3 is 0 Å². The monoisotopic (exact) mass is 294 g/mol. The lowest BCUT2D eigenvalue weighted by Crippen LogP contribution is -2.30. The molecule has 0 aromatic heterocycles. The van der Waals surface area contributed by atoms with E-state index in [0.717, 1.165) is 0 Å². The minimum atomic E-state index is -0.387. The van der Waals surface area contributed by atoms with E-state index in [2.05, 4.69) is 10.6 Å². The van der Waals surface area contributed by atoms with Gasteiger partial charge in [0.25, 0.3) is 0 Å². The molecule has 0 atom stereocenters. The van der Waals surface area contributed by atoms with E-state index in [9.17, 15) is 9.59 Å². The van der Waals surface area contributed by atoms with Gasteiger partial charge < -0.3 is 24.8 Å². The van der Waals surface area contributed by atoms with Crippen molar-refractivity contribution in [2.45, 2.75) is 6.42 Å². The van der Waals surface area contributed by atoms with Gasteiger partial charge in [-0.05, 0) is 12.1 Å². The molecule has 2 N–H and O–H groups in total. The Hall–Kier alpha value is -2.28. The summed E-state index contributed by atoms with van der Waals surface area (Å²) >= 11 is 0. The zero-order valence-electron chi connectivity index (χ0n) is 11.8. The molecule has 2 amide bonds. The molecule has 21 heavy (non-hydrogen) atoms. The van der Waals surface area contributed by atoms with Crippen molar-refractivity contribution in [1.82, 2.24) is 5.32 Å². The molecule has 2 rings (SSSR count). The number of hydrogen-bond donors (Lipinski definition) is 2. The number of anilines is 1. The molecule has 1 heterocycles.